The zero-order chi connectivity index (χ0) is 10.7. The Balaban J connectivity index is 2.13. The van der Waals surface area contributed by atoms with Gasteiger partial charge in [-0.05, 0) is 26.1 Å². The molecule has 0 unspecified atom stereocenters. The Morgan fingerprint density at radius 1 is 1.47 bits per heavy atom. The molecule has 0 radical (unpaired) electrons. The van der Waals surface area contributed by atoms with E-state index in [1.165, 1.54) is 4.88 Å². The van der Waals surface area contributed by atoms with Gasteiger partial charge in [0, 0.05) is 17.8 Å². The number of hydrogen-bond donors (Lipinski definition) is 1. The van der Waals surface area contributed by atoms with Gasteiger partial charge in [-0.25, -0.2) is 0 Å². The summed E-state index contributed by atoms with van der Waals surface area (Å²) < 4.78 is 5.18. The first kappa shape index (κ1) is 10.3. The van der Waals surface area contributed by atoms with Gasteiger partial charge < -0.3 is 9.84 Å². The van der Waals surface area contributed by atoms with Crippen molar-refractivity contribution in [3.8, 4) is 10.8 Å². The minimum atomic E-state index is 0.624. The average Bonchev–Trinajstić information content (AvgIpc) is 2.83. The largest absolute Gasteiger partial charge is 0.333 e. The van der Waals surface area contributed by atoms with E-state index in [0.717, 1.165) is 23.7 Å². The molecule has 5 heteroatoms. The maximum Gasteiger partial charge on any atom is 0.267 e. The molecule has 0 atom stereocenters. The second kappa shape index (κ2) is 4.55. The molecule has 0 saturated carbocycles. The number of likely N-dealkylation sites (N-methyl/N-ethyl adjacent to an activating group) is 1. The second-order valence-electron chi connectivity index (χ2n) is 3.28. The Morgan fingerprint density at radius 2 is 2.33 bits per heavy atom. The van der Waals surface area contributed by atoms with E-state index in [1.54, 1.807) is 11.3 Å². The maximum absolute atomic E-state index is 5.18. The summed E-state index contributed by atoms with van der Waals surface area (Å²) in [6.07, 6.45) is 0.796. The van der Waals surface area contributed by atoms with Gasteiger partial charge in [0.15, 0.2) is 5.82 Å². The van der Waals surface area contributed by atoms with E-state index >= 15 is 0 Å². The summed E-state index contributed by atoms with van der Waals surface area (Å²) in [4.78, 5) is 6.61. The summed E-state index contributed by atoms with van der Waals surface area (Å²) in [5.74, 6) is 1.38. The first-order chi connectivity index (χ1) is 7.29. The molecule has 0 aromatic carbocycles. The number of thiophene rings is 1. The zero-order valence-electron chi connectivity index (χ0n) is 8.78. The number of nitrogens with zero attached hydrogens (tertiary/aromatic N) is 2. The lowest BCUT2D eigenvalue weighted by Gasteiger charge is -1.90. The molecule has 2 heterocycles. The predicted molar refractivity (Wildman–Crippen MR) is 60.0 cm³/mol. The molecule has 0 aliphatic rings. The molecule has 15 heavy (non-hydrogen) atoms. The Labute approximate surface area is 92.3 Å². The van der Waals surface area contributed by atoms with Gasteiger partial charge in [-0.1, -0.05) is 5.16 Å². The third kappa shape index (κ3) is 2.43. The van der Waals surface area contributed by atoms with Gasteiger partial charge in [0.05, 0.1) is 4.88 Å². The van der Waals surface area contributed by atoms with Crippen molar-refractivity contribution in [3.63, 3.8) is 0 Å². The van der Waals surface area contributed by atoms with Crippen LogP contribution in [0, 0.1) is 6.92 Å². The molecule has 0 aliphatic heterocycles. The van der Waals surface area contributed by atoms with E-state index in [2.05, 4.69) is 28.4 Å². The highest BCUT2D eigenvalue weighted by atomic mass is 32.1. The minimum absolute atomic E-state index is 0.624. The van der Waals surface area contributed by atoms with Crippen molar-refractivity contribution in [2.45, 2.75) is 13.3 Å². The fourth-order valence-electron chi connectivity index (χ4n) is 1.24. The van der Waals surface area contributed by atoms with Crippen molar-refractivity contribution >= 4 is 11.3 Å². The van der Waals surface area contributed by atoms with Crippen LogP contribution in [0.1, 0.15) is 10.7 Å². The molecule has 0 spiro atoms. The van der Waals surface area contributed by atoms with Crippen LogP contribution in [0.2, 0.25) is 0 Å². The van der Waals surface area contributed by atoms with Crippen molar-refractivity contribution in [1.29, 1.82) is 0 Å². The van der Waals surface area contributed by atoms with Crippen molar-refractivity contribution in [2.75, 3.05) is 13.6 Å². The van der Waals surface area contributed by atoms with Crippen LogP contribution in [0.4, 0.5) is 0 Å². The lowest BCUT2D eigenvalue weighted by atomic mass is 10.4. The third-order valence-electron chi connectivity index (χ3n) is 2.02. The van der Waals surface area contributed by atoms with Crippen LogP contribution in [0.25, 0.3) is 10.8 Å². The van der Waals surface area contributed by atoms with Crippen molar-refractivity contribution < 1.29 is 4.52 Å². The predicted octanol–water partition coefficient (Wildman–Crippen LogP) is 1.87. The lowest BCUT2D eigenvalue weighted by Crippen LogP contribution is -2.10. The molecule has 0 bridgehead atoms. The van der Waals surface area contributed by atoms with Crippen LogP contribution < -0.4 is 5.32 Å². The van der Waals surface area contributed by atoms with Crippen molar-refractivity contribution in [1.82, 2.24) is 15.5 Å². The van der Waals surface area contributed by atoms with Crippen LogP contribution in [0.5, 0.6) is 0 Å². The summed E-state index contributed by atoms with van der Waals surface area (Å²) in [5.41, 5.74) is 0. The summed E-state index contributed by atoms with van der Waals surface area (Å²) in [6, 6.07) is 4.06. The van der Waals surface area contributed by atoms with Gasteiger partial charge in [0.2, 0.25) is 0 Å². The summed E-state index contributed by atoms with van der Waals surface area (Å²) in [5, 5.41) is 6.97. The molecule has 0 saturated heterocycles. The van der Waals surface area contributed by atoms with Crippen molar-refractivity contribution in [3.05, 3.63) is 22.8 Å². The van der Waals surface area contributed by atoms with E-state index in [-0.39, 0.29) is 0 Å². The second-order valence-corrected chi connectivity index (χ2v) is 4.57. The van der Waals surface area contributed by atoms with Crippen molar-refractivity contribution in [2.24, 2.45) is 0 Å². The maximum atomic E-state index is 5.18. The molecule has 2 aromatic heterocycles. The average molecular weight is 223 g/mol. The fourth-order valence-corrected chi connectivity index (χ4v) is 2.03. The molecule has 0 fully saturated rings. The number of nitrogens with one attached hydrogen (secondary N) is 1. The van der Waals surface area contributed by atoms with Gasteiger partial charge >= 0.3 is 0 Å². The lowest BCUT2D eigenvalue weighted by molar-refractivity contribution is 0.423. The van der Waals surface area contributed by atoms with Gasteiger partial charge in [0.25, 0.3) is 5.89 Å². The molecule has 4 nitrogen and oxygen atoms in total. The molecular weight excluding hydrogens is 210 g/mol. The first-order valence-corrected chi connectivity index (χ1v) is 5.65. The summed E-state index contributed by atoms with van der Waals surface area (Å²) >= 11 is 1.67. The zero-order valence-corrected chi connectivity index (χ0v) is 9.60. The smallest absolute Gasteiger partial charge is 0.267 e. The van der Waals surface area contributed by atoms with Gasteiger partial charge in [-0.15, -0.1) is 11.3 Å². The highest BCUT2D eigenvalue weighted by Gasteiger charge is 2.09. The molecule has 80 valence electrons. The Bertz CT molecular complexity index is 435. The monoisotopic (exact) mass is 223 g/mol. The fraction of sp³-hybridized carbons (Fsp3) is 0.400. The summed E-state index contributed by atoms with van der Waals surface area (Å²) in [6.45, 7) is 2.93. The van der Waals surface area contributed by atoms with Crippen LogP contribution in [0.3, 0.4) is 0 Å². The molecule has 0 aliphatic carbocycles. The van der Waals surface area contributed by atoms with E-state index in [1.807, 2.05) is 13.1 Å². The van der Waals surface area contributed by atoms with Crippen LogP contribution in [-0.2, 0) is 6.42 Å². The van der Waals surface area contributed by atoms with Gasteiger partial charge in [0.1, 0.15) is 0 Å². The Hall–Kier alpha value is -1.20. The topological polar surface area (TPSA) is 51.0 Å². The Morgan fingerprint density at radius 3 is 3.00 bits per heavy atom. The standard InChI is InChI=1S/C10H13N3OS/c1-7-3-4-8(15-7)10-12-9(13-14-10)5-6-11-2/h3-4,11H,5-6H2,1-2H3. The highest BCUT2D eigenvalue weighted by molar-refractivity contribution is 7.15. The van der Waals surface area contributed by atoms with E-state index in [4.69, 9.17) is 4.52 Å². The van der Waals surface area contributed by atoms with Gasteiger partial charge in [-0.3, -0.25) is 0 Å². The number of hydrogen-bond acceptors (Lipinski definition) is 5. The minimum Gasteiger partial charge on any atom is -0.333 e. The highest BCUT2D eigenvalue weighted by Crippen LogP contribution is 2.25. The van der Waals surface area contributed by atoms with E-state index in [9.17, 15) is 0 Å². The quantitative estimate of drug-likeness (QED) is 0.859. The first-order valence-electron chi connectivity index (χ1n) is 4.83. The van der Waals surface area contributed by atoms with Gasteiger partial charge in [-0.2, -0.15) is 4.98 Å². The normalized spacial score (nSPS) is 10.8. The SMILES string of the molecule is CNCCc1noc(-c2ccc(C)s2)n1. The summed E-state index contributed by atoms with van der Waals surface area (Å²) in [7, 11) is 1.91. The molecule has 1 N–H and O–H groups in total. The molecule has 2 rings (SSSR count). The van der Waals surface area contributed by atoms with E-state index in [0.29, 0.717) is 5.89 Å². The molecular formula is C10H13N3OS. The third-order valence-corrected chi connectivity index (χ3v) is 3.01. The number of aromatic nitrogens is 2. The number of rotatable bonds is 4. The van der Waals surface area contributed by atoms with Crippen LogP contribution >= 0.6 is 11.3 Å². The van der Waals surface area contributed by atoms with Crippen LogP contribution in [-0.4, -0.2) is 23.7 Å². The number of aryl methyl sites for hydroxylation is 1. The molecule has 2 aromatic rings. The molecule has 0 amide bonds. The van der Waals surface area contributed by atoms with E-state index < -0.39 is 0 Å². The Kier molecular flexibility index (Phi) is 3.13. The van der Waals surface area contributed by atoms with Crippen LogP contribution in [0.15, 0.2) is 16.7 Å².